The number of hydrogen-bond acceptors (Lipinski definition) is 3. The number of aliphatic hydroxyl groups excluding tert-OH is 1. The Balaban J connectivity index is 2.07. The lowest BCUT2D eigenvalue weighted by molar-refractivity contribution is 0.195. The summed E-state index contributed by atoms with van der Waals surface area (Å²) in [5, 5.41) is 10.9. The van der Waals surface area contributed by atoms with Crippen molar-refractivity contribution >= 4 is 26.8 Å². The third-order valence-electron chi connectivity index (χ3n) is 3.24. The quantitative estimate of drug-likeness (QED) is 0.739. The number of nitrogens with zero attached hydrogens (tertiary/aromatic N) is 1. The fraction of sp³-hybridized carbons (Fsp3) is 0.118. The lowest BCUT2D eigenvalue weighted by Crippen LogP contribution is -1.97. The van der Waals surface area contributed by atoms with Gasteiger partial charge in [-0.2, -0.15) is 0 Å². The Morgan fingerprint density at radius 2 is 1.90 bits per heavy atom. The zero-order valence-corrected chi connectivity index (χ0v) is 13.0. The van der Waals surface area contributed by atoms with Crippen LogP contribution in [0.15, 0.2) is 59.2 Å². The van der Waals surface area contributed by atoms with Gasteiger partial charge in [0.15, 0.2) is 5.75 Å². The molecule has 0 bridgehead atoms. The van der Waals surface area contributed by atoms with Crippen LogP contribution in [0.2, 0.25) is 0 Å². The van der Waals surface area contributed by atoms with Crippen LogP contribution in [0.5, 0.6) is 11.5 Å². The first kappa shape index (κ1) is 14.0. The monoisotopic (exact) mass is 343 g/mol. The minimum atomic E-state index is -0.611. The summed E-state index contributed by atoms with van der Waals surface area (Å²) in [7, 11) is 0. The van der Waals surface area contributed by atoms with Gasteiger partial charge >= 0.3 is 0 Å². The number of halogens is 1. The Kier molecular flexibility index (Phi) is 3.90. The molecule has 1 atom stereocenters. The van der Waals surface area contributed by atoms with Crippen LogP contribution in [0.3, 0.4) is 0 Å². The maximum Gasteiger partial charge on any atom is 0.153 e. The van der Waals surface area contributed by atoms with Crippen LogP contribution in [-0.4, -0.2) is 10.1 Å². The second-order valence-corrected chi connectivity index (χ2v) is 5.71. The Bertz CT molecular complexity index is 781. The van der Waals surface area contributed by atoms with Gasteiger partial charge in [0.25, 0.3) is 0 Å². The lowest BCUT2D eigenvalue weighted by Gasteiger charge is -2.14. The third kappa shape index (κ3) is 2.91. The van der Waals surface area contributed by atoms with Gasteiger partial charge in [0.05, 0.1) is 6.10 Å². The molecule has 0 saturated heterocycles. The summed E-state index contributed by atoms with van der Waals surface area (Å²) in [6.07, 6.45) is 1.13. The maximum absolute atomic E-state index is 9.90. The number of hydrogen-bond donors (Lipinski definition) is 1. The summed E-state index contributed by atoms with van der Waals surface area (Å²) in [5.74, 6) is 1.31. The molecule has 3 aromatic rings. The molecule has 0 spiro atoms. The van der Waals surface area contributed by atoms with Gasteiger partial charge in [-0.25, -0.2) is 0 Å². The molecule has 1 aromatic heterocycles. The number of benzene rings is 2. The highest BCUT2D eigenvalue weighted by atomic mass is 79.9. The van der Waals surface area contributed by atoms with Gasteiger partial charge in [-0.15, -0.1) is 0 Å². The van der Waals surface area contributed by atoms with E-state index < -0.39 is 6.10 Å². The molecule has 106 valence electrons. The van der Waals surface area contributed by atoms with Gasteiger partial charge < -0.3 is 9.84 Å². The fourth-order valence-electron chi connectivity index (χ4n) is 2.22. The largest absolute Gasteiger partial charge is 0.455 e. The van der Waals surface area contributed by atoms with Crippen molar-refractivity contribution in [2.24, 2.45) is 0 Å². The topological polar surface area (TPSA) is 42.4 Å². The number of fused-ring (bicyclic) bond motifs is 1. The van der Waals surface area contributed by atoms with Crippen molar-refractivity contribution in [2.45, 2.75) is 13.0 Å². The third-order valence-corrected chi connectivity index (χ3v) is 3.73. The lowest BCUT2D eigenvalue weighted by atomic mass is 10.1. The molecule has 4 heteroatoms. The highest BCUT2D eigenvalue weighted by molar-refractivity contribution is 9.10. The molecule has 0 radical (unpaired) electrons. The molecule has 0 aliphatic rings. The first-order chi connectivity index (χ1) is 10.1. The van der Waals surface area contributed by atoms with Crippen molar-refractivity contribution in [1.29, 1.82) is 0 Å². The summed E-state index contributed by atoms with van der Waals surface area (Å²) >= 11 is 3.41. The van der Waals surface area contributed by atoms with Crippen molar-refractivity contribution in [3.63, 3.8) is 0 Å². The molecule has 0 saturated carbocycles. The van der Waals surface area contributed by atoms with E-state index >= 15 is 0 Å². The number of pyridine rings is 1. The van der Waals surface area contributed by atoms with E-state index in [9.17, 15) is 5.11 Å². The van der Waals surface area contributed by atoms with Crippen molar-refractivity contribution in [3.05, 3.63) is 64.8 Å². The van der Waals surface area contributed by atoms with E-state index in [1.165, 1.54) is 0 Å². The van der Waals surface area contributed by atoms with Crippen LogP contribution in [0.4, 0.5) is 0 Å². The molecule has 1 heterocycles. The van der Waals surface area contributed by atoms with Crippen LogP contribution in [0.25, 0.3) is 10.9 Å². The van der Waals surface area contributed by atoms with Crippen molar-refractivity contribution in [2.75, 3.05) is 0 Å². The number of aromatic nitrogens is 1. The minimum absolute atomic E-state index is 0.611. The summed E-state index contributed by atoms with van der Waals surface area (Å²) in [5.41, 5.74) is 1.54. The van der Waals surface area contributed by atoms with Crippen molar-refractivity contribution < 1.29 is 9.84 Å². The van der Waals surface area contributed by atoms with Crippen LogP contribution in [0, 0.1) is 0 Å². The van der Waals surface area contributed by atoms with Gasteiger partial charge in [0.1, 0.15) is 11.3 Å². The number of rotatable bonds is 3. The molecule has 0 aliphatic heterocycles. The number of ether oxygens (including phenoxy) is 1. The highest BCUT2D eigenvalue weighted by Gasteiger charge is 2.12. The van der Waals surface area contributed by atoms with Gasteiger partial charge in [0.2, 0.25) is 0 Å². The van der Waals surface area contributed by atoms with Crippen LogP contribution < -0.4 is 4.74 Å². The summed E-state index contributed by atoms with van der Waals surface area (Å²) < 4.78 is 6.90. The zero-order chi connectivity index (χ0) is 14.8. The first-order valence-corrected chi connectivity index (χ1v) is 7.43. The molecule has 0 amide bonds. The molecule has 1 unspecified atom stereocenters. The molecule has 1 N–H and O–H groups in total. The Hall–Kier alpha value is -1.91. The normalized spacial score (nSPS) is 12.3. The Morgan fingerprint density at radius 1 is 1.10 bits per heavy atom. The smallest absolute Gasteiger partial charge is 0.153 e. The summed E-state index contributed by atoms with van der Waals surface area (Å²) in [6.45, 7) is 1.72. The molecule has 3 nitrogen and oxygen atoms in total. The SMILES string of the molecule is CC(O)c1cc(Br)ccc1Oc1cccc2cccnc12. The van der Waals surface area contributed by atoms with Crippen molar-refractivity contribution in [1.82, 2.24) is 4.98 Å². The molecular weight excluding hydrogens is 330 g/mol. The van der Waals surface area contributed by atoms with E-state index in [4.69, 9.17) is 4.74 Å². The Labute approximate surface area is 131 Å². The summed E-state index contributed by atoms with van der Waals surface area (Å²) in [6, 6.07) is 15.3. The molecule has 3 rings (SSSR count). The Morgan fingerprint density at radius 3 is 2.71 bits per heavy atom. The second-order valence-electron chi connectivity index (χ2n) is 4.79. The average molecular weight is 344 g/mol. The van der Waals surface area contributed by atoms with E-state index in [-0.39, 0.29) is 0 Å². The average Bonchev–Trinajstić information content (AvgIpc) is 2.49. The number of aliphatic hydroxyl groups is 1. The second kappa shape index (κ2) is 5.84. The first-order valence-electron chi connectivity index (χ1n) is 6.64. The van der Waals surface area contributed by atoms with Crippen LogP contribution in [0.1, 0.15) is 18.6 Å². The fourth-order valence-corrected chi connectivity index (χ4v) is 2.59. The van der Waals surface area contributed by atoms with Crippen LogP contribution >= 0.6 is 15.9 Å². The zero-order valence-electron chi connectivity index (χ0n) is 11.5. The van der Waals surface area contributed by atoms with E-state index in [2.05, 4.69) is 20.9 Å². The van der Waals surface area contributed by atoms with E-state index in [0.29, 0.717) is 11.5 Å². The van der Waals surface area contributed by atoms with Gasteiger partial charge in [-0.05, 0) is 37.3 Å². The van der Waals surface area contributed by atoms with Gasteiger partial charge in [-0.1, -0.05) is 34.1 Å². The molecule has 21 heavy (non-hydrogen) atoms. The van der Waals surface area contributed by atoms with E-state index in [0.717, 1.165) is 20.9 Å². The highest BCUT2D eigenvalue weighted by Crippen LogP contribution is 2.34. The predicted octanol–water partition coefficient (Wildman–Crippen LogP) is 4.84. The number of para-hydroxylation sites is 1. The maximum atomic E-state index is 9.90. The van der Waals surface area contributed by atoms with Gasteiger partial charge in [0, 0.05) is 21.6 Å². The molecule has 0 aliphatic carbocycles. The van der Waals surface area contributed by atoms with Crippen molar-refractivity contribution in [3.8, 4) is 11.5 Å². The summed E-state index contributed by atoms with van der Waals surface area (Å²) in [4.78, 5) is 4.37. The standard InChI is InChI=1S/C17H14BrNO2/c1-11(20)14-10-13(18)7-8-15(14)21-16-6-2-4-12-5-3-9-19-17(12)16/h2-11,20H,1H3. The molecule has 0 fully saturated rings. The predicted molar refractivity (Wildman–Crippen MR) is 86.6 cm³/mol. The molecular formula is C17H14BrNO2. The van der Waals surface area contributed by atoms with Gasteiger partial charge in [-0.3, -0.25) is 4.98 Å². The minimum Gasteiger partial charge on any atom is -0.455 e. The van der Waals surface area contributed by atoms with E-state index in [1.807, 2.05) is 48.5 Å². The molecule has 2 aromatic carbocycles. The van der Waals surface area contributed by atoms with Crippen LogP contribution in [-0.2, 0) is 0 Å². The van der Waals surface area contributed by atoms with E-state index in [1.54, 1.807) is 13.1 Å².